The van der Waals surface area contributed by atoms with E-state index in [0.717, 1.165) is 43.4 Å². The van der Waals surface area contributed by atoms with E-state index >= 15 is 0 Å². The molecule has 7 nitrogen and oxygen atoms in total. The number of hydrogen-bond donors (Lipinski definition) is 2. The molecule has 0 saturated heterocycles. The molecule has 1 fully saturated rings. The third-order valence-electron chi connectivity index (χ3n) is 5.44. The minimum Gasteiger partial charge on any atom is -0.377 e. The number of hydrogen-bond acceptors (Lipinski definition) is 4. The van der Waals surface area contributed by atoms with Crippen LogP contribution in [0.5, 0.6) is 0 Å². The van der Waals surface area contributed by atoms with Crippen LogP contribution in [0, 0.1) is 6.92 Å². The second-order valence-electron chi connectivity index (χ2n) is 7.46. The quantitative estimate of drug-likeness (QED) is 0.378. The van der Waals surface area contributed by atoms with Crippen molar-refractivity contribution >= 4 is 29.9 Å². The maximum Gasteiger partial charge on any atom is 0.191 e. The van der Waals surface area contributed by atoms with E-state index in [1.54, 1.807) is 7.11 Å². The van der Waals surface area contributed by atoms with Gasteiger partial charge in [-0.25, -0.2) is 9.67 Å². The van der Waals surface area contributed by atoms with Crippen molar-refractivity contribution in [3.63, 3.8) is 0 Å². The topological polar surface area (TPSA) is 76.4 Å². The van der Waals surface area contributed by atoms with E-state index in [1.165, 1.54) is 11.1 Å². The Labute approximate surface area is 183 Å². The zero-order valence-corrected chi connectivity index (χ0v) is 19.0. The summed E-state index contributed by atoms with van der Waals surface area (Å²) in [6, 6.07) is 9.41. The Morgan fingerprint density at radius 3 is 2.89 bits per heavy atom. The molecule has 1 saturated carbocycles. The molecule has 3 unspecified atom stereocenters. The fourth-order valence-electron chi connectivity index (χ4n) is 3.91. The van der Waals surface area contributed by atoms with Crippen molar-refractivity contribution in [2.45, 2.75) is 57.3 Å². The van der Waals surface area contributed by atoms with Crippen LogP contribution in [-0.4, -0.2) is 47.0 Å². The average Bonchev–Trinajstić information content (AvgIpc) is 3.30. The standard InChI is InChI=1S/C20H28N6O.HI/c1-13-6-4-5-7-15(13)16-10-17(16)23-20(21-2)22-14-8-9-19-24-18(12-27-3)25-26(19)11-14;/h4-7,14,16-17H,8-12H2,1-3H3,(H2,21,22,23);1H. The third kappa shape index (κ3) is 4.65. The van der Waals surface area contributed by atoms with Gasteiger partial charge < -0.3 is 15.4 Å². The predicted molar refractivity (Wildman–Crippen MR) is 120 cm³/mol. The van der Waals surface area contributed by atoms with E-state index in [1.807, 2.05) is 11.7 Å². The van der Waals surface area contributed by atoms with Gasteiger partial charge >= 0.3 is 0 Å². The van der Waals surface area contributed by atoms with Crippen LogP contribution in [0.1, 0.15) is 41.5 Å². The Balaban J connectivity index is 0.00000225. The van der Waals surface area contributed by atoms with Crippen LogP contribution in [0.3, 0.4) is 0 Å². The molecule has 1 aromatic heterocycles. The first kappa shape index (κ1) is 21.0. The number of halogens is 1. The highest BCUT2D eigenvalue weighted by Gasteiger charge is 2.40. The maximum absolute atomic E-state index is 5.14. The first-order valence-corrected chi connectivity index (χ1v) is 9.65. The Morgan fingerprint density at radius 2 is 2.14 bits per heavy atom. The van der Waals surface area contributed by atoms with Crippen molar-refractivity contribution in [3.05, 3.63) is 47.0 Å². The van der Waals surface area contributed by atoms with Crippen LogP contribution in [0.4, 0.5) is 0 Å². The van der Waals surface area contributed by atoms with Gasteiger partial charge in [0.05, 0.1) is 6.54 Å². The van der Waals surface area contributed by atoms with E-state index in [9.17, 15) is 0 Å². The number of aromatic nitrogens is 3. The van der Waals surface area contributed by atoms with E-state index in [0.29, 0.717) is 24.6 Å². The number of aryl methyl sites for hydroxylation is 2. The van der Waals surface area contributed by atoms with Crippen LogP contribution in [0.15, 0.2) is 29.3 Å². The van der Waals surface area contributed by atoms with E-state index < -0.39 is 0 Å². The van der Waals surface area contributed by atoms with Crippen LogP contribution >= 0.6 is 24.0 Å². The van der Waals surface area contributed by atoms with Crippen LogP contribution in [-0.2, 0) is 24.3 Å². The minimum absolute atomic E-state index is 0. The average molecular weight is 496 g/mol. The summed E-state index contributed by atoms with van der Waals surface area (Å²) in [7, 11) is 3.50. The number of aliphatic imine (C=N–C) groups is 1. The molecule has 2 N–H and O–H groups in total. The minimum atomic E-state index is 0. The normalized spacial score (nSPS) is 23.5. The Hall–Kier alpha value is -1.68. The molecule has 8 heteroatoms. The number of methoxy groups -OCH3 is 1. The lowest BCUT2D eigenvalue weighted by Gasteiger charge is -2.25. The van der Waals surface area contributed by atoms with Crippen molar-refractivity contribution in [2.75, 3.05) is 14.2 Å². The van der Waals surface area contributed by atoms with Gasteiger partial charge in [0.15, 0.2) is 11.8 Å². The Bertz CT molecular complexity index is 836. The second kappa shape index (κ2) is 9.21. The molecular formula is C20H29IN6O. The van der Waals surface area contributed by atoms with Crippen molar-refractivity contribution in [1.29, 1.82) is 0 Å². The van der Waals surface area contributed by atoms with Crippen LogP contribution in [0.2, 0.25) is 0 Å². The fourth-order valence-corrected chi connectivity index (χ4v) is 3.91. The SMILES string of the molecule is CN=C(NC1CCc2nc(COC)nn2C1)NC1CC1c1ccccc1C.I. The molecule has 0 spiro atoms. The number of nitrogens with one attached hydrogen (secondary N) is 2. The lowest BCUT2D eigenvalue weighted by atomic mass is 10.0. The van der Waals surface area contributed by atoms with Crippen molar-refractivity contribution in [1.82, 2.24) is 25.4 Å². The molecule has 2 aromatic rings. The zero-order chi connectivity index (χ0) is 18.8. The lowest BCUT2D eigenvalue weighted by Crippen LogP contribution is -2.47. The summed E-state index contributed by atoms with van der Waals surface area (Å²) in [5.74, 6) is 3.26. The van der Waals surface area contributed by atoms with Crippen molar-refractivity contribution < 1.29 is 4.74 Å². The Kier molecular flexibility index (Phi) is 6.92. The smallest absolute Gasteiger partial charge is 0.191 e. The number of fused-ring (bicyclic) bond motifs is 1. The predicted octanol–water partition coefficient (Wildman–Crippen LogP) is 2.39. The number of nitrogens with zero attached hydrogens (tertiary/aromatic N) is 4. The Morgan fingerprint density at radius 1 is 1.32 bits per heavy atom. The maximum atomic E-state index is 5.14. The molecule has 0 amide bonds. The van der Waals surface area contributed by atoms with Gasteiger partial charge in [-0.2, -0.15) is 5.10 Å². The van der Waals surface area contributed by atoms with Gasteiger partial charge in [0.25, 0.3) is 0 Å². The van der Waals surface area contributed by atoms with E-state index in [4.69, 9.17) is 4.74 Å². The highest BCUT2D eigenvalue weighted by molar-refractivity contribution is 14.0. The van der Waals surface area contributed by atoms with Gasteiger partial charge in [-0.15, -0.1) is 24.0 Å². The number of guanidine groups is 1. The number of benzene rings is 1. The summed E-state index contributed by atoms with van der Waals surface area (Å²) in [6.45, 7) is 3.45. The fraction of sp³-hybridized carbons (Fsp3) is 0.550. The van der Waals surface area contributed by atoms with Crippen molar-refractivity contribution in [3.8, 4) is 0 Å². The van der Waals surface area contributed by atoms with Gasteiger partial charge in [0.2, 0.25) is 0 Å². The summed E-state index contributed by atoms with van der Waals surface area (Å²) in [4.78, 5) is 8.97. The second-order valence-corrected chi connectivity index (χ2v) is 7.46. The van der Waals surface area contributed by atoms with E-state index in [2.05, 4.69) is 56.9 Å². The molecule has 3 atom stereocenters. The number of ether oxygens (including phenoxy) is 1. The van der Waals surface area contributed by atoms with Gasteiger partial charge in [-0.1, -0.05) is 24.3 Å². The first-order chi connectivity index (χ1) is 13.2. The third-order valence-corrected chi connectivity index (χ3v) is 5.44. The molecule has 0 bridgehead atoms. The number of rotatable bonds is 5. The molecule has 1 aromatic carbocycles. The summed E-state index contributed by atoms with van der Waals surface area (Å²) in [5.41, 5.74) is 2.81. The van der Waals surface area contributed by atoms with Gasteiger partial charge in [-0.3, -0.25) is 4.99 Å². The summed E-state index contributed by atoms with van der Waals surface area (Å²) >= 11 is 0. The largest absolute Gasteiger partial charge is 0.377 e. The molecule has 0 radical (unpaired) electrons. The van der Waals surface area contributed by atoms with Gasteiger partial charge in [-0.05, 0) is 30.9 Å². The zero-order valence-electron chi connectivity index (χ0n) is 16.7. The highest BCUT2D eigenvalue weighted by atomic mass is 127. The molecule has 2 heterocycles. The van der Waals surface area contributed by atoms with Crippen LogP contribution in [0.25, 0.3) is 0 Å². The molecule has 1 aliphatic carbocycles. The first-order valence-electron chi connectivity index (χ1n) is 9.65. The van der Waals surface area contributed by atoms with Gasteiger partial charge in [0.1, 0.15) is 12.4 Å². The monoisotopic (exact) mass is 496 g/mol. The molecule has 1 aliphatic heterocycles. The highest BCUT2D eigenvalue weighted by Crippen LogP contribution is 2.42. The van der Waals surface area contributed by atoms with Crippen LogP contribution < -0.4 is 10.6 Å². The molecule has 28 heavy (non-hydrogen) atoms. The summed E-state index contributed by atoms with van der Waals surface area (Å²) < 4.78 is 7.13. The molecule has 2 aliphatic rings. The summed E-state index contributed by atoms with van der Waals surface area (Å²) in [5, 5.41) is 11.7. The van der Waals surface area contributed by atoms with Crippen molar-refractivity contribution in [2.24, 2.45) is 4.99 Å². The molecular weight excluding hydrogens is 467 g/mol. The summed E-state index contributed by atoms with van der Waals surface area (Å²) in [6.07, 6.45) is 3.10. The van der Waals surface area contributed by atoms with Gasteiger partial charge in [0, 0.05) is 38.6 Å². The molecule has 4 rings (SSSR count). The molecule has 152 valence electrons. The lowest BCUT2D eigenvalue weighted by molar-refractivity contribution is 0.177. The van der Waals surface area contributed by atoms with E-state index in [-0.39, 0.29) is 24.0 Å².